The third-order valence-electron chi connectivity index (χ3n) is 3.72. The first-order valence-electron chi connectivity index (χ1n) is 5.99. The molecule has 100 valence electrons. The van der Waals surface area contributed by atoms with Crippen molar-refractivity contribution in [1.82, 2.24) is 0 Å². The summed E-state index contributed by atoms with van der Waals surface area (Å²) in [5, 5.41) is 3.10. The third-order valence-corrected chi connectivity index (χ3v) is 3.72. The average Bonchev–Trinajstić information content (AvgIpc) is 2.48. The van der Waals surface area contributed by atoms with Crippen LogP contribution >= 0.6 is 12.4 Å². The number of benzene rings is 1. The first-order chi connectivity index (χ1) is 7.86. The van der Waals surface area contributed by atoms with E-state index >= 15 is 0 Å². The smallest absolute Gasteiger partial charge is 0.399 e. The van der Waals surface area contributed by atoms with Gasteiger partial charge in [0.15, 0.2) is 0 Å². The van der Waals surface area contributed by atoms with E-state index in [9.17, 15) is 0 Å². The van der Waals surface area contributed by atoms with Crippen LogP contribution in [0, 0.1) is 0 Å². The molecule has 1 N–H and O–H groups in total. The highest BCUT2D eigenvalue weighted by molar-refractivity contribution is 6.62. The van der Waals surface area contributed by atoms with E-state index in [1.165, 1.54) is 0 Å². The molecule has 1 saturated heterocycles. The van der Waals surface area contributed by atoms with Crippen molar-refractivity contribution in [2.24, 2.45) is 0 Å². The van der Waals surface area contributed by atoms with Crippen LogP contribution in [0.5, 0.6) is 0 Å². The van der Waals surface area contributed by atoms with Gasteiger partial charge in [-0.25, -0.2) is 0 Å². The maximum absolute atomic E-state index is 5.98. The summed E-state index contributed by atoms with van der Waals surface area (Å²) >= 11 is 0. The number of halogens is 1. The van der Waals surface area contributed by atoms with Gasteiger partial charge in [-0.15, -0.1) is 12.4 Å². The molecule has 0 saturated carbocycles. The maximum Gasteiger partial charge on any atom is 0.494 e. The first kappa shape index (κ1) is 15.4. The van der Waals surface area contributed by atoms with Crippen LogP contribution in [-0.4, -0.2) is 25.4 Å². The minimum absolute atomic E-state index is 0. The molecule has 1 aliphatic rings. The van der Waals surface area contributed by atoms with Crippen molar-refractivity contribution in [3.63, 3.8) is 0 Å². The van der Waals surface area contributed by atoms with Gasteiger partial charge in [-0.3, -0.25) is 0 Å². The lowest BCUT2D eigenvalue weighted by Gasteiger charge is -2.32. The Morgan fingerprint density at radius 2 is 1.39 bits per heavy atom. The first-order valence-corrected chi connectivity index (χ1v) is 5.99. The molecular weight excluding hydrogens is 248 g/mol. The van der Waals surface area contributed by atoms with Gasteiger partial charge in [-0.05, 0) is 45.3 Å². The fraction of sp³-hybridized carbons (Fsp3) is 0.538. The molecule has 0 spiro atoms. The molecule has 1 aliphatic heterocycles. The highest BCUT2D eigenvalue weighted by Gasteiger charge is 2.51. The minimum atomic E-state index is -0.278. The summed E-state index contributed by atoms with van der Waals surface area (Å²) in [5.41, 5.74) is 1.59. The lowest BCUT2D eigenvalue weighted by Crippen LogP contribution is -2.41. The van der Waals surface area contributed by atoms with Gasteiger partial charge in [0.25, 0.3) is 0 Å². The van der Waals surface area contributed by atoms with Crippen LogP contribution < -0.4 is 10.8 Å². The topological polar surface area (TPSA) is 30.5 Å². The molecule has 1 aromatic rings. The quantitative estimate of drug-likeness (QED) is 0.837. The molecule has 1 heterocycles. The second kappa shape index (κ2) is 5.12. The molecule has 0 bridgehead atoms. The molecule has 0 radical (unpaired) electrons. The zero-order valence-electron chi connectivity index (χ0n) is 11.6. The van der Waals surface area contributed by atoms with Crippen molar-refractivity contribution in [3.8, 4) is 0 Å². The number of hydrogen-bond donors (Lipinski definition) is 1. The summed E-state index contributed by atoms with van der Waals surface area (Å²) in [7, 11) is 1.63. The van der Waals surface area contributed by atoms with Crippen LogP contribution in [-0.2, 0) is 9.31 Å². The molecule has 5 heteroatoms. The predicted molar refractivity (Wildman–Crippen MR) is 79.0 cm³/mol. The van der Waals surface area contributed by atoms with Gasteiger partial charge < -0.3 is 14.6 Å². The standard InChI is InChI=1S/C13H20BNO2.ClH/c1-12(2)13(3,4)17-14(16-12)10-6-8-11(15-5)9-7-10;/h6-9,15H,1-5H3;1H. The zero-order chi connectivity index (χ0) is 12.7. The Morgan fingerprint density at radius 1 is 0.944 bits per heavy atom. The van der Waals surface area contributed by atoms with E-state index in [4.69, 9.17) is 9.31 Å². The van der Waals surface area contributed by atoms with E-state index in [1.54, 1.807) is 0 Å². The molecule has 18 heavy (non-hydrogen) atoms. The van der Waals surface area contributed by atoms with E-state index < -0.39 is 0 Å². The summed E-state index contributed by atoms with van der Waals surface area (Å²) < 4.78 is 12.0. The molecule has 3 nitrogen and oxygen atoms in total. The Morgan fingerprint density at radius 3 is 1.78 bits per heavy atom. The van der Waals surface area contributed by atoms with Crippen molar-refractivity contribution >= 4 is 30.7 Å². The lowest BCUT2D eigenvalue weighted by atomic mass is 9.79. The van der Waals surface area contributed by atoms with Crippen molar-refractivity contribution in [1.29, 1.82) is 0 Å². The fourth-order valence-electron chi connectivity index (χ4n) is 1.79. The number of hydrogen-bond acceptors (Lipinski definition) is 3. The van der Waals surface area contributed by atoms with E-state index in [0.717, 1.165) is 11.2 Å². The third kappa shape index (κ3) is 2.66. The fourth-order valence-corrected chi connectivity index (χ4v) is 1.79. The van der Waals surface area contributed by atoms with E-state index in [2.05, 4.69) is 33.0 Å². The Bertz CT molecular complexity index is 390. The molecule has 1 aromatic carbocycles. The van der Waals surface area contributed by atoms with Gasteiger partial charge in [0.1, 0.15) is 0 Å². The van der Waals surface area contributed by atoms with Gasteiger partial charge in [0, 0.05) is 12.7 Å². The van der Waals surface area contributed by atoms with E-state index in [-0.39, 0.29) is 30.7 Å². The number of nitrogens with one attached hydrogen (secondary N) is 1. The van der Waals surface area contributed by atoms with Crippen LogP contribution in [0.25, 0.3) is 0 Å². The van der Waals surface area contributed by atoms with Crippen molar-refractivity contribution < 1.29 is 9.31 Å². The molecule has 0 aromatic heterocycles. The zero-order valence-corrected chi connectivity index (χ0v) is 12.4. The van der Waals surface area contributed by atoms with Gasteiger partial charge in [-0.1, -0.05) is 12.1 Å². The van der Waals surface area contributed by atoms with E-state index in [1.807, 2.05) is 31.3 Å². The van der Waals surface area contributed by atoms with Gasteiger partial charge >= 0.3 is 7.12 Å². The van der Waals surface area contributed by atoms with E-state index in [0.29, 0.717) is 0 Å². The largest absolute Gasteiger partial charge is 0.494 e. The Hall–Kier alpha value is -0.705. The van der Waals surface area contributed by atoms with Crippen molar-refractivity contribution in [2.45, 2.75) is 38.9 Å². The monoisotopic (exact) mass is 269 g/mol. The summed E-state index contributed by atoms with van der Waals surface area (Å²) in [6.07, 6.45) is 0. The molecule has 0 amide bonds. The molecule has 1 fully saturated rings. The van der Waals surface area contributed by atoms with Crippen LogP contribution in [0.15, 0.2) is 24.3 Å². The van der Waals surface area contributed by atoms with Crippen LogP contribution in [0.1, 0.15) is 27.7 Å². The SMILES string of the molecule is CNc1ccc(B2OC(C)(C)C(C)(C)O2)cc1.Cl. The Balaban J connectivity index is 0.00000162. The van der Waals surface area contributed by atoms with Crippen LogP contribution in [0.2, 0.25) is 0 Å². The average molecular weight is 270 g/mol. The maximum atomic E-state index is 5.98. The molecule has 0 aliphatic carbocycles. The second-order valence-corrected chi connectivity index (χ2v) is 5.46. The summed E-state index contributed by atoms with van der Waals surface area (Å²) in [6, 6.07) is 8.13. The highest BCUT2D eigenvalue weighted by atomic mass is 35.5. The Labute approximate surface area is 116 Å². The second-order valence-electron chi connectivity index (χ2n) is 5.46. The van der Waals surface area contributed by atoms with Crippen molar-refractivity contribution in [3.05, 3.63) is 24.3 Å². The Kier molecular flexibility index (Phi) is 4.36. The minimum Gasteiger partial charge on any atom is -0.399 e. The normalized spacial score (nSPS) is 20.4. The summed E-state index contributed by atoms with van der Waals surface area (Å²) in [5.74, 6) is 0. The number of anilines is 1. The molecule has 0 unspecified atom stereocenters. The molecular formula is C13H21BClNO2. The molecule has 0 atom stereocenters. The predicted octanol–water partition coefficient (Wildman–Crippen LogP) is 2.45. The highest BCUT2D eigenvalue weighted by Crippen LogP contribution is 2.36. The molecule has 2 rings (SSSR count). The summed E-state index contributed by atoms with van der Waals surface area (Å²) in [6.45, 7) is 8.26. The number of rotatable bonds is 2. The van der Waals surface area contributed by atoms with Gasteiger partial charge in [-0.2, -0.15) is 0 Å². The summed E-state index contributed by atoms with van der Waals surface area (Å²) in [4.78, 5) is 0. The van der Waals surface area contributed by atoms with Gasteiger partial charge in [0.05, 0.1) is 11.2 Å². The van der Waals surface area contributed by atoms with Crippen molar-refractivity contribution in [2.75, 3.05) is 12.4 Å². The van der Waals surface area contributed by atoms with Crippen LogP contribution in [0.4, 0.5) is 5.69 Å². The lowest BCUT2D eigenvalue weighted by molar-refractivity contribution is 0.00578. The van der Waals surface area contributed by atoms with Crippen LogP contribution in [0.3, 0.4) is 0 Å². The van der Waals surface area contributed by atoms with Gasteiger partial charge in [0.2, 0.25) is 0 Å².